The quantitative estimate of drug-likeness (QED) is 0.832. The number of fused-ring (bicyclic) bond motifs is 1. The molecular formula is C12H14ClNO. The van der Waals surface area contributed by atoms with Crippen LogP contribution in [0.25, 0.3) is 10.9 Å². The van der Waals surface area contributed by atoms with Gasteiger partial charge in [-0.15, -0.1) is 0 Å². The molecule has 1 heterocycles. The number of aromatic nitrogens is 1. The molecule has 0 radical (unpaired) electrons. The van der Waals surface area contributed by atoms with E-state index in [9.17, 15) is 5.11 Å². The van der Waals surface area contributed by atoms with E-state index in [1.165, 1.54) is 5.56 Å². The van der Waals surface area contributed by atoms with Gasteiger partial charge in [0.1, 0.15) is 5.15 Å². The molecule has 1 aromatic carbocycles. The molecule has 2 nitrogen and oxygen atoms in total. The Morgan fingerprint density at radius 2 is 2.13 bits per heavy atom. The molecule has 15 heavy (non-hydrogen) atoms. The number of hydrogen-bond acceptors (Lipinski definition) is 1. The Bertz CT molecular complexity index is 502. The zero-order chi connectivity index (χ0) is 11.0. The van der Waals surface area contributed by atoms with E-state index in [4.69, 9.17) is 11.6 Å². The van der Waals surface area contributed by atoms with Crippen molar-refractivity contribution in [2.75, 3.05) is 0 Å². The number of benzene rings is 1. The lowest BCUT2D eigenvalue weighted by Gasteiger charge is -1.99. The SMILES string of the molecule is CCc1ccc2c(c1)c(CO)c(Cl)n2C. The van der Waals surface area contributed by atoms with Crippen LogP contribution in [0.2, 0.25) is 5.15 Å². The Morgan fingerprint density at radius 3 is 2.73 bits per heavy atom. The highest BCUT2D eigenvalue weighted by Gasteiger charge is 2.12. The van der Waals surface area contributed by atoms with E-state index < -0.39 is 0 Å². The van der Waals surface area contributed by atoms with Gasteiger partial charge in [-0.3, -0.25) is 0 Å². The van der Waals surface area contributed by atoms with Crippen LogP contribution in [-0.4, -0.2) is 9.67 Å². The zero-order valence-corrected chi connectivity index (χ0v) is 9.67. The average molecular weight is 224 g/mol. The molecule has 2 aromatic rings. The van der Waals surface area contributed by atoms with Gasteiger partial charge in [0.05, 0.1) is 6.61 Å². The number of hydrogen-bond donors (Lipinski definition) is 1. The first-order valence-electron chi connectivity index (χ1n) is 5.05. The molecule has 1 N–H and O–H groups in total. The van der Waals surface area contributed by atoms with Crippen LogP contribution in [0.4, 0.5) is 0 Å². The maximum absolute atomic E-state index is 9.30. The Labute approximate surface area is 94.1 Å². The summed E-state index contributed by atoms with van der Waals surface area (Å²) in [6, 6.07) is 6.26. The lowest BCUT2D eigenvalue weighted by molar-refractivity contribution is 0.283. The van der Waals surface area contributed by atoms with E-state index in [2.05, 4.69) is 25.1 Å². The summed E-state index contributed by atoms with van der Waals surface area (Å²) in [5.41, 5.74) is 3.16. The third kappa shape index (κ3) is 1.54. The van der Waals surface area contributed by atoms with Gasteiger partial charge in [-0.2, -0.15) is 0 Å². The van der Waals surface area contributed by atoms with Crippen molar-refractivity contribution in [3.8, 4) is 0 Å². The average Bonchev–Trinajstić information content (AvgIpc) is 2.51. The summed E-state index contributed by atoms with van der Waals surface area (Å²) in [6.45, 7) is 2.10. The first kappa shape index (κ1) is 10.5. The second-order valence-corrected chi connectivity index (χ2v) is 4.05. The number of halogens is 1. The third-order valence-electron chi connectivity index (χ3n) is 2.86. The highest BCUT2D eigenvalue weighted by molar-refractivity contribution is 6.32. The Kier molecular flexibility index (Phi) is 2.72. The molecule has 0 aliphatic carbocycles. The number of rotatable bonds is 2. The fraction of sp³-hybridized carbons (Fsp3) is 0.333. The molecule has 0 fully saturated rings. The third-order valence-corrected chi connectivity index (χ3v) is 3.34. The zero-order valence-electron chi connectivity index (χ0n) is 8.92. The van der Waals surface area contributed by atoms with E-state index in [-0.39, 0.29) is 6.61 Å². The van der Waals surface area contributed by atoms with Gasteiger partial charge in [0.25, 0.3) is 0 Å². The Hall–Kier alpha value is -0.990. The molecule has 0 spiro atoms. The first-order valence-corrected chi connectivity index (χ1v) is 5.43. The summed E-state index contributed by atoms with van der Waals surface area (Å²) in [7, 11) is 1.91. The minimum atomic E-state index is -0.0106. The van der Waals surface area contributed by atoms with Crippen molar-refractivity contribution in [1.29, 1.82) is 0 Å². The second-order valence-electron chi connectivity index (χ2n) is 3.69. The lowest BCUT2D eigenvalue weighted by Crippen LogP contribution is -1.87. The molecule has 3 heteroatoms. The molecule has 0 bridgehead atoms. The number of aryl methyl sites for hydroxylation is 2. The molecule has 2 rings (SSSR count). The van der Waals surface area contributed by atoms with Gasteiger partial charge in [0.2, 0.25) is 0 Å². The van der Waals surface area contributed by atoms with Crippen LogP contribution in [-0.2, 0) is 20.1 Å². The van der Waals surface area contributed by atoms with Gasteiger partial charge in [-0.25, -0.2) is 0 Å². The maximum Gasteiger partial charge on any atom is 0.115 e. The summed E-state index contributed by atoms with van der Waals surface area (Å²) in [5.74, 6) is 0. The standard InChI is InChI=1S/C12H14ClNO/c1-3-8-4-5-11-9(6-8)10(7-15)12(13)14(11)2/h4-6,15H,3,7H2,1-2H3. The van der Waals surface area contributed by atoms with Crippen molar-refractivity contribution < 1.29 is 5.11 Å². The maximum atomic E-state index is 9.30. The fourth-order valence-corrected chi connectivity index (χ4v) is 2.16. The lowest BCUT2D eigenvalue weighted by atomic mass is 10.1. The molecule has 0 amide bonds. The highest BCUT2D eigenvalue weighted by Crippen LogP contribution is 2.29. The predicted molar refractivity (Wildman–Crippen MR) is 63.2 cm³/mol. The van der Waals surface area contributed by atoms with Crippen molar-refractivity contribution >= 4 is 22.5 Å². The summed E-state index contributed by atoms with van der Waals surface area (Å²) in [5, 5.41) is 11.0. The van der Waals surface area contributed by atoms with E-state index in [1.54, 1.807) is 0 Å². The van der Waals surface area contributed by atoms with E-state index >= 15 is 0 Å². The second kappa shape index (κ2) is 3.87. The fourth-order valence-electron chi connectivity index (χ4n) is 1.91. The van der Waals surface area contributed by atoms with Crippen molar-refractivity contribution in [1.82, 2.24) is 4.57 Å². The first-order chi connectivity index (χ1) is 7.19. The molecule has 0 unspecified atom stereocenters. The van der Waals surface area contributed by atoms with Gasteiger partial charge < -0.3 is 9.67 Å². The smallest absolute Gasteiger partial charge is 0.115 e. The Morgan fingerprint density at radius 1 is 1.40 bits per heavy atom. The topological polar surface area (TPSA) is 25.2 Å². The van der Waals surface area contributed by atoms with Crippen LogP contribution in [0.15, 0.2) is 18.2 Å². The van der Waals surface area contributed by atoms with Crippen molar-refractivity contribution in [3.05, 3.63) is 34.5 Å². The van der Waals surface area contributed by atoms with Crippen molar-refractivity contribution in [3.63, 3.8) is 0 Å². The van der Waals surface area contributed by atoms with E-state index in [0.717, 1.165) is 22.9 Å². The molecular weight excluding hydrogens is 210 g/mol. The summed E-state index contributed by atoms with van der Waals surface area (Å²) in [6.07, 6.45) is 0.993. The minimum Gasteiger partial charge on any atom is -0.392 e. The normalized spacial score (nSPS) is 11.2. The van der Waals surface area contributed by atoms with Gasteiger partial charge in [-0.05, 0) is 24.1 Å². The molecule has 0 saturated carbocycles. The molecule has 80 valence electrons. The van der Waals surface area contributed by atoms with Crippen molar-refractivity contribution in [2.45, 2.75) is 20.0 Å². The summed E-state index contributed by atoms with van der Waals surface area (Å²) in [4.78, 5) is 0. The highest BCUT2D eigenvalue weighted by atomic mass is 35.5. The molecule has 1 aromatic heterocycles. The molecule has 0 aliphatic rings. The Balaban J connectivity index is 2.80. The number of aliphatic hydroxyl groups excluding tert-OH is 1. The van der Waals surface area contributed by atoms with Crippen LogP contribution < -0.4 is 0 Å². The van der Waals surface area contributed by atoms with Crippen LogP contribution in [0.3, 0.4) is 0 Å². The van der Waals surface area contributed by atoms with Gasteiger partial charge in [-0.1, -0.05) is 24.6 Å². The number of nitrogens with zero attached hydrogens (tertiary/aromatic N) is 1. The van der Waals surface area contributed by atoms with E-state index in [1.807, 2.05) is 11.6 Å². The minimum absolute atomic E-state index is 0.0106. The summed E-state index contributed by atoms with van der Waals surface area (Å²) >= 11 is 6.14. The van der Waals surface area contributed by atoms with Crippen LogP contribution in [0, 0.1) is 0 Å². The molecule has 0 aliphatic heterocycles. The van der Waals surface area contributed by atoms with Crippen LogP contribution in [0.5, 0.6) is 0 Å². The number of aliphatic hydroxyl groups is 1. The summed E-state index contributed by atoms with van der Waals surface area (Å²) < 4.78 is 1.90. The monoisotopic (exact) mass is 223 g/mol. The van der Waals surface area contributed by atoms with E-state index in [0.29, 0.717) is 5.15 Å². The molecule has 0 atom stereocenters. The predicted octanol–water partition coefficient (Wildman–Crippen LogP) is 2.89. The van der Waals surface area contributed by atoms with Gasteiger partial charge in [0.15, 0.2) is 0 Å². The van der Waals surface area contributed by atoms with Crippen LogP contribution >= 0.6 is 11.6 Å². The van der Waals surface area contributed by atoms with Gasteiger partial charge >= 0.3 is 0 Å². The largest absolute Gasteiger partial charge is 0.392 e. The van der Waals surface area contributed by atoms with Gasteiger partial charge in [0, 0.05) is 23.5 Å². The molecule has 0 saturated heterocycles. The van der Waals surface area contributed by atoms with Crippen molar-refractivity contribution in [2.24, 2.45) is 7.05 Å². The van der Waals surface area contributed by atoms with Crippen LogP contribution in [0.1, 0.15) is 18.1 Å².